The van der Waals surface area contributed by atoms with Gasteiger partial charge in [-0.25, -0.2) is 0 Å². The number of hydrogen-bond donors (Lipinski definition) is 2. The second kappa shape index (κ2) is 11.2. The van der Waals surface area contributed by atoms with E-state index in [-0.39, 0.29) is 18.4 Å². The van der Waals surface area contributed by atoms with Crippen LogP contribution in [0.1, 0.15) is 53.6 Å². The minimum Gasteiger partial charge on any atom is -0.376 e. The van der Waals surface area contributed by atoms with Crippen LogP contribution in [0.25, 0.3) is 0 Å². The van der Waals surface area contributed by atoms with Crippen LogP contribution in [0.5, 0.6) is 0 Å². The van der Waals surface area contributed by atoms with Gasteiger partial charge in [0.15, 0.2) is 0 Å². The minimum absolute atomic E-state index is 0.0441. The summed E-state index contributed by atoms with van der Waals surface area (Å²) in [5.41, 5.74) is 3.69. The number of nitrogens with one attached hydrogen (secondary N) is 2. The summed E-state index contributed by atoms with van der Waals surface area (Å²) < 4.78 is 0. The highest BCUT2D eigenvalue weighted by Gasteiger charge is 2.24. The summed E-state index contributed by atoms with van der Waals surface area (Å²) in [7, 11) is 1.86. The van der Waals surface area contributed by atoms with Crippen LogP contribution >= 0.6 is 11.6 Å². The monoisotopic (exact) mass is 441 g/mol. The lowest BCUT2D eigenvalue weighted by atomic mass is 9.94. The number of hydrogen-bond acceptors (Lipinski definition) is 3. The number of carbonyl (C=O) groups is 2. The molecule has 2 N–H and O–H groups in total. The van der Waals surface area contributed by atoms with Crippen molar-refractivity contribution in [1.29, 1.82) is 0 Å². The summed E-state index contributed by atoms with van der Waals surface area (Å²) in [6, 6.07) is 13.7. The molecule has 2 aromatic rings. The van der Waals surface area contributed by atoms with E-state index < -0.39 is 0 Å². The van der Waals surface area contributed by atoms with Gasteiger partial charge < -0.3 is 15.5 Å². The summed E-state index contributed by atoms with van der Waals surface area (Å²) >= 11 is 6.40. The molecular weight excluding hydrogens is 410 g/mol. The van der Waals surface area contributed by atoms with E-state index in [0.29, 0.717) is 23.2 Å². The first kappa shape index (κ1) is 23.1. The Bertz CT molecular complexity index is 909. The maximum atomic E-state index is 12.9. The van der Waals surface area contributed by atoms with Gasteiger partial charge in [0.25, 0.3) is 5.91 Å². The molecule has 0 saturated heterocycles. The maximum absolute atomic E-state index is 12.9. The third-order valence-electron chi connectivity index (χ3n) is 6.07. The Morgan fingerprint density at radius 3 is 2.55 bits per heavy atom. The van der Waals surface area contributed by atoms with Crippen molar-refractivity contribution in [2.45, 2.75) is 51.5 Å². The van der Waals surface area contributed by atoms with Crippen LogP contribution in [-0.4, -0.2) is 42.9 Å². The molecule has 1 aliphatic carbocycles. The molecule has 0 atom stereocenters. The molecule has 1 fully saturated rings. The number of amides is 2. The van der Waals surface area contributed by atoms with Gasteiger partial charge in [-0.15, -0.1) is 0 Å². The van der Waals surface area contributed by atoms with Crippen molar-refractivity contribution in [3.05, 3.63) is 64.2 Å². The SMILES string of the molecule is Cc1ccccc1CCNC(=O)CNc1ccc(C(=O)N(C)C2CCCCC2)c(Cl)c1. The van der Waals surface area contributed by atoms with Gasteiger partial charge in [0.05, 0.1) is 17.1 Å². The molecule has 0 radical (unpaired) electrons. The van der Waals surface area contributed by atoms with Crippen LogP contribution in [0.15, 0.2) is 42.5 Å². The quantitative estimate of drug-likeness (QED) is 0.617. The number of benzene rings is 2. The molecule has 2 aromatic carbocycles. The van der Waals surface area contributed by atoms with Crippen LogP contribution < -0.4 is 10.6 Å². The third-order valence-corrected chi connectivity index (χ3v) is 6.39. The first-order valence-corrected chi connectivity index (χ1v) is 11.5. The molecule has 1 aliphatic rings. The lowest BCUT2D eigenvalue weighted by Crippen LogP contribution is -2.38. The molecule has 2 amide bonds. The number of rotatable bonds is 8. The van der Waals surface area contributed by atoms with Crippen molar-refractivity contribution in [2.75, 3.05) is 25.5 Å². The van der Waals surface area contributed by atoms with E-state index in [1.165, 1.54) is 30.4 Å². The molecule has 0 aromatic heterocycles. The lowest BCUT2D eigenvalue weighted by molar-refractivity contribution is -0.119. The van der Waals surface area contributed by atoms with Crippen LogP contribution in [-0.2, 0) is 11.2 Å². The van der Waals surface area contributed by atoms with Crippen molar-refractivity contribution in [1.82, 2.24) is 10.2 Å². The predicted octanol–water partition coefficient (Wildman–Crippen LogP) is 4.82. The summed E-state index contributed by atoms with van der Waals surface area (Å²) in [5.74, 6) is -0.126. The average Bonchev–Trinajstić information content (AvgIpc) is 2.78. The number of anilines is 1. The normalized spacial score (nSPS) is 14.2. The zero-order valence-electron chi connectivity index (χ0n) is 18.4. The van der Waals surface area contributed by atoms with Crippen molar-refractivity contribution >= 4 is 29.1 Å². The van der Waals surface area contributed by atoms with E-state index in [1.807, 2.05) is 24.1 Å². The molecular formula is C25H32ClN3O2. The molecule has 1 saturated carbocycles. The number of halogens is 1. The standard InChI is InChI=1S/C25H32ClN3O2/c1-18-8-6-7-9-19(18)14-15-27-24(30)17-28-20-12-13-22(23(26)16-20)25(31)29(2)21-10-4-3-5-11-21/h6-9,12-13,16,21,28H,3-5,10-11,14-15,17H2,1-2H3,(H,27,30). The Balaban J connectivity index is 1.47. The van der Waals surface area contributed by atoms with Crippen molar-refractivity contribution in [3.8, 4) is 0 Å². The smallest absolute Gasteiger partial charge is 0.255 e. The van der Waals surface area contributed by atoms with E-state index in [1.54, 1.807) is 18.2 Å². The average molecular weight is 442 g/mol. The second-order valence-corrected chi connectivity index (χ2v) is 8.69. The largest absolute Gasteiger partial charge is 0.376 e. The molecule has 0 aliphatic heterocycles. The second-order valence-electron chi connectivity index (χ2n) is 8.28. The van der Waals surface area contributed by atoms with Crippen LogP contribution in [0.2, 0.25) is 5.02 Å². The molecule has 31 heavy (non-hydrogen) atoms. The molecule has 0 bridgehead atoms. The van der Waals surface area contributed by atoms with Crippen LogP contribution in [0, 0.1) is 6.92 Å². The molecule has 0 heterocycles. The molecule has 3 rings (SSSR count). The molecule has 0 unspecified atom stereocenters. The molecule has 6 heteroatoms. The zero-order chi connectivity index (χ0) is 22.2. The number of carbonyl (C=O) groups excluding carboxylic acids is 2. The molecule has 0 spiro atoms. The van der Waals surface area contributed by atoms with Crippen LogP contribution in [0.3, 0.4) is 0 Å². The Labute approximate surface area is 190 Å². The summed E-state index contributed by atoms with van der Waals surface area (Å²) in [6.45, 7) is 2.82. The lowest BCUT2D eigenvalue weighted by Gasteiger charge is -2.31. The van der Waals surface area contributed by atoms with Gasteiger partial charge in [-0.2, -0.15) is 0 Å². The first-order valence-electron chi connectivity index (χ1n) is 11.1. The molecule has 5 nitrogen and oxygen atoms in total. The Morgan fingerprint density at radius 2 is 1.84 bits per heavy atom. The summed E-state index contributed by atoms with van der Waals surface area (Å²) in [5, 5.41) is 6.41. The third kappa shape index (κ3) is 6.47. The van der Waals surface area contributed by atoms with E-state index in [2.05, 4.69) is 29.7 Å². The van der Waals surface area contributed by atoms with E-state index in [4.69, 9.17) is 11.6 Å². The fraction of sp³-hybridized carbons (Fsp3) is 0.440. The van der Waals surface area contributed by atoms with Crippen molar-refractivity contribution < 1.29 is 9.59 Å². The summed E-state index contributed by atoms with van der Waals surface area (Å²) in [6.07, 6.45) is 6.50. The number of aryl methyl sites for hydroxylation is 1. The Kier molecular flexibility index (Phi) is 8.35. The van der Waals surface area contributed by atoms with Crippen LogP contribution in [0.4, 0.5) is 5.69 Å². The zero-order valence-corrected chi connectivity index (χ0v) is 19.2. The van der Waals surface area contributed by atoms with Gasteiger partial charge in [-0.05, 0) is 55.5 Å². The highest BCUT2D eigenvalue weighted by molar-refractivity contribution is 6.34. The van der Waals surface area contributed by atoms with E-state index in [0.717, 1.165) is 24.9 Å². The summed E-state index contributed by atoms with van der Waals surface area (Å²) in [4.78, 5) is 26.8. The minimum atomic E-state index is -0.0816. The fourth-order valence-corrected chi connectivity index (χ4v) is 4.36. The van der Waals surface area contributed by atoms with E-state index in [9.17, 15) is 9.59 Å². The van der Waals surface area contributed by atoms with E-state index >= 15 is 0 Å². The van der Waals surface area contributed by atoms with Gasteiger partial charge in [0.1, 0.15) is 0 Å². The highest BCUT2D eigenvalue weighted by atomic mass is 35.5. The maximum Gasteiger partial charge on any atom is 0.255 e. The Hall–Kier alpha value is -2.53. The highest BCUT2D eigenvalue weighted by Crippen LogP contribution is 2.26. The van der Waals surface area contributed by atoms with Gasteiger partial charge >= 0.3 is 0 Å². The van der Waals surface area contributed by atoms with Gasteiger partial charge in [0, 0.05) is 25.3 Å². The topological polar surface area (TPSA) is 61.4 Å². The van der Waals surface area contributed by atoms with Gasteiger partial charge in [0.2, 0.25) is 5.91 Å². The first-order chi connectivity index (χ1) is 15.0. The predicted molar refractivity (Wildman–Crippen MR) is 127 cm³/mol. The van der Waals surface area contributed by atoms with Crippen molar-refractivity contribution in [2.24, 2.45) is 0 Å². The molecule has 166 valence electrons. The van der Waals surface area contributed by atoms with Crippen molar-refractivity contribution in [3.63, 3.8) is 0 Å². The Morgan fingerprint density at radius 1 is 1.10 bits per heavy atom. The van der Waals surface area contributed by atoms with Gasteiger partial charge in [-0.1, -0.05) is 55.1 Å². The van der Waals surface area contributed by atoms with Gasteiger partial charge in [-0.3, -0.25) is 9.59 Å². The fourth-order valence-electron chi connectivity index (χ4n) is 4.09. The number of nitrogens with zero attached hydrogens (tertiary/aromatic N) is 1.